The maximum Gasteiger partial charge on any atom is 0.417 e. The normalized spacial score (nSPS) is 23.5. The Balaban J connectivity index is 2.17. The van der Waals surface area contributed by atoms with E-state index >= 15 is 0 Å². The first-order valence-electron chi connectivity index (χ1n) is 6.40. The van der Waals surface area contributed by atoms with Crippen molar-refractivity contribution in [3.8, 4) is 0 Å². The number of ether oxygens (including phenoxy) is 1. The van der Waals surface area contributed by atoms with Gasteiger partial charge in [-0.15, -0.1) is 0 Å². The van der Waals surface area contributed by atoms with Crippen molar-refractivity contribution in [1.82, 2.24) is 4.90 Å². The second kappa shape index (κ2) is 4.00. The summed E-state index contributed by atoms with van der Waals surface area (Å²) in [5.74, 6) is -0.0684. The SMILES string of the molecule is CC(C)(C)OC(=O)N1C(=O)CCC12CCCC2. The molecule has 2 rings (SSSR count). The third kappa shape index (κ3) is 2.31. The first kappa shape index (κ1) is 12.4. The van der Waals surface area contributed by atoms with Gasteiger partial charge < -0.3 is 4.74 Å². The molecule has 0 aromatic rings. The van der Waals surface area contributed by atoms with Gasteiger partial charge in [-0.1, -0.05) is 12.8 Å². The van der Waals surface area contributed by atoms with E-state index in [0.29, 0.717) is 6.42 Å². The number of amides is 2. The molecule has 1 heterocycles. The van der Waals surface area contributed by atoms with E-state index in [-0.39, 0.29) is 11.4 Å². The number of nitrogens with zero attached hydrogens (tertiary/aromatic N) is 1. The first-order valence-corrected chi connectivity index (χ1v) is 6.40. The summed E-state index contributed by atoms with van der Waals surface area (Å²) in [6.45, 7) is 5.48. The Morgan fingerprint density at radius 2 is 1.82 bits per heavy atom. The summed E-state index contributed by atoms with van der Waals surface area (Å²) in [6, 6.07) is 0. The van der Waals surface area contributed by atoms with Crippen LogP contribution in [-0.4, -0.2) is 28.0 Å². The Bertz CT molecular complexity index is 337. The van der Waals surface area contributed by atoms with Crippen molar-refractivity contribution in [2.75, 3.05) is 0 Å². The van der Waals surface area contributed by atoms with E-state index in [1.807, 2.05) is 20.8 Å². The van der Waals surface area contributed by atoms with Crippen LogP contribution in [0.5, 0.6) is 0 Å². The average molecular weight is 239 g/mol. The molecular formula is C13H21NO3. The highest BCUT2D eigenvalue weighted by atomic mass is 16.6. The van der Waals surface area contributed by atoms with Crippen LogP contribution in [0, 0.1) is 0 Å². The zero-order chi connectivity index (χ0) is 12.7. The van der Waals surface area contributed by atoms with Gasteiger partial charge >= 0.3 is 6.09 Å². The molecule has 2 amide bonds. The maximum absolute atomic E-state index is 12.1. The topological polar surface area (TPSA) is 46.6 Å². The molecule has 1 saturated carbocycles. The van der Waals surface area contributed by atoms with E-state index in [9.17, 15) is 9.59 Å². The molecule has 0 atom stereocenters. The number of rotatable bonds is 0. The molecule has 2 aliphatic rings. The zero-order valence-electron chi connectivity index (χ0n) is 10.9. The summed E-state index contributed by atoms with van der Waals surface area (Å²) in [6.07, 6.45) is 4.93. The van der Waals surface area contributed by atoms with Crippen LogP contribution in [0.3, 0.4) is 0 Å². The predicted octanol–water partition coefficient (Wildman–Crippen LogP) is 2.86. The largest absolute Gasteiger partial charge is 0.443 e. The molecule has 1 spiro atoms. The van der Waals surface area contributed by atoms with Crippen LogP contribution >= 0.6 is 0 Å². The van der Waals surface area contributed by atoms with Gasteiger partial charge in [0.1, 0.15) is 5.60 Å². The Kier molecular flexibility index (Phi) is 2.92. The van der Waals surface area contributed by atoms with Gasteiger partial charge in [0.05, 0.1) is 5.54 Å². The second-order valence-corrected chi connectivity index (χ2v) is 6.14. The fraction of sp³-hybridized carbons (Fsp3) is 0.846. The van der Waals surface area contributed by atoms with Gasteiger partial charge in [-0.2, -0.15) is 0 Å². The van der Waals surface area contributed by atoms with Gasteiger partial charge in [-0.05, 0) is 40.0 Å². The lowest BCUT2D eigenvalue weighted by molar-refractivity contribution is -0.130. The maximum atomic E-state index is 12.1. The monoisotopic (exact) mass is 239 g/mol. The Morgan fingerprint density at radius 3 is 2.35 bits per heavy atom. The molecule has 1 saturated heterocycles. The minimum atomic E-state index is -0.542. The number of carbonyl (C=O) groups is 2. The molecule has 1 aliphatic carbocycles. The predicted molar refractivity (Wildman–Crippen MR) is 63.5 cm³/mol. The van der Waals surface area contributed by atoms with E-state index in [0.717, 1.165) is 32.1 Å². The van der Waals surface area contributed by atoms with Crippen LogP contribution in [0.15, 0.2) is 0 Å². The summed E-state index contributed by atoms with van der Waals surface area (Å²) in [5.41, 5.74) is -0.765. The molecule has 4 nitrogen and oxygen atoms in total. The minimum Gasteiger partial charge on any atom is -0.443 e. The molecule has 96 valence electrons. The highest BCUT2D eigenvalue weighted by Gasteiger charge is 2.51. The Labute approximate surface area is 102 Å². The van der Waals surface area contributed by atoms with Crippen LogP contribution in [-0.2, 0) is 9.53 Å². The van der Waals surface area contributed by atoms with Crippen molar-refractivity contribution in [3.05, 3.63) is 0 Å². The van der Waals surface area contributed by atoms with Crippen molar-refractivity contribution in [3.63, 3.8) is 0 Å². The van der Waals surface area contributed by atoms with E-state index in [4.69, 9.17) is 4.74 Å². The van der Waals surface area contributed by atoms with Gasteiger partial charge in [0, 0.05) is 6.42 Å². The van der Waals surface area contributed by atoms with Gasteiger partial charge in [0.15, 0.2) is 0 Å². The molecule has 0 aromatic heterocycles. The first-order chi connectivity index (χ1) is 7.84. The lowest BCUT2D eigenvalue weighted by Gasteiger charge is -2.34. The summed E-state index contributed by atoms with van der Waals surface area (Å²) in [7, 11) is 0. The smallest absolute Gasteiger partial charge is 0.417 e. The fourth-order valence-corrected chi connectivity index (χ4v) is 2.94. The van der Waals surface area contributed by atoms with E-state index in [1.165, 1.54) is 4.90 Å². The molecule has 0 aromatic carbocycles. The molecule has 0 radical (unpaired) electrons. The minimum absolute atomic E-state index is 0.0684. The Hall–Kier alpha value is -1.06. The van der Waals surface area contributed by atoms with Crippen LogP contribution in [0.1, 0.15) is 59.3 Å². The van der Waals surface area contributed by atoms with Crippen LogP contribution in [0.25, 0.3) is 0 Å². The molecule has 0 unspecified atom stereocenters. The van der Waals surface area contributed by atoms with Crippen molar-refractivity contribution in [1.29, 1.82) is 0 Å². The number of likely N-dealkylation sites (tertiary alicyclic amines) is 1. The van der Waals surface area contributed by atoms with E-state index in [1.54, 1.807) is 0 Å². The molecule has 2 fully saturated rings. The van der Waals surface area contributed by atoms with E-state index < -0.39 is 11.7 Å². The number of imide groups is 1. The molecular weight excluding hydrogens is 218 g/mol. The molecule has 0 bridgehead atoms. The van der Waals surface area contributed by atoms with E-state index in [2.05, 4.69) is 0 Å². The quantitative estimate of drug-likeness (QED) is 0.653. The standard InChI is InChI=1S/C13H21NO3/c1-12(2,3)17-11(16)14-10(15)6-9-13(14)7-4-5-8-13/h4-9H2,1-3H3. The van der Waals surface area contributed by atoms with Crippen molar-refractivity contribution >= 4 is 12.0 Å². The van der Waals surface area contributed by atoms with Crippen LogP contribution in [0.2, 0.25) is 0 Å². The van der Waals surface area contributed by atoms with Crippen molar-refractivity contribution < 1.29 is 14.3 Å². The highest BCUT2D eigenvalue weighted by Crippen LogP contribution is 2.44. The summed E-state index contributed by atoms with van der Waals surface area (Å²) in [5, 5.41) is 0. The van der Waals surface area contributed by atoms with Gasteiger partial charge in [0.25, 0.3) is 0 Å². The van der Waals surface area contributed by atoms with Crippen molar-refractivity contribution in [2.24, 2.45) is 0 Å². The summed E-state index contributed by atoms with van der Waals surface area (Å²) in [4.78, 5) is 25.4. The lowest BCUT2D eigenvalue weighted by Crippen LogP contribution is -2.49. The lowest BCUT2D eigenvalue weighted by atomic mass is 9.95. The zero-order valence-corrected chi connectivity index (χ0v) is 10.9. The average Bonchev–Trinajstić information content (AvgIpc) is 2.73. The van der Waals surface area contributed by atoms with Gasteiger partial charge in [-0.3, -0.25) is 4.79 Å². The molecule has 0 N–H and O–H groups in total. The highest BCUT2D eigenvalue weighted by molar-refractivity contribution is 5.95. The third-order valence-electron chi connectivity index (χ3n) is 3.64. The number of carbonyl (C=O) groups excluding carboxylic acids is 2. The van der Waals surface area contributed by atoms with Crippen LogP contribution < -0.4 is 0 Å². The molecule has 17 heavy (non-hydrogen) atoms. The number of hydrogen-bond acceptors (Lipinski definition) is 3. The van der Waals surface area contributed by atoms with Gasteiger partial charge in [-0.25, -0.2) is 9.69 Å². The Morgan fingerprint density at radius 1 is 1.24 bits per heavy atom. The van der Waals surface area contributed by atoms with Gasteiger partial charge in [0.2, 0.25) is 5.91 Å². The number of hydrogen-bond donors (Lipinski definition) is 0. The van der Waals surface area contributed by atoms with Crippen LogP contribution in [0.4, 0.5) is 4.79 Å². The summed E-state index contributed by atoms with van der Waals surface area (Å²) < 4.78 is 5.34. The second-order valence-electron chi connectivity index (χ2n) is 6.14. The molecule has 1 aliphatic heterocycles. The third-order valence-corrected chi connectivity index (χ3v) is 3.64. The fourth-order valence-electron chi connectivity index (χ4n) is 2.94. The molecule has 4 heteroatoms. The summed E-state index contributed by atoms with van der Waals surface area (Å²) >= 11 is 0. The van der Waals surface area contributed by atoms with Crippen molar-refractivity contribution in [2.45, 2.75) is 70.4 Å².